The maximum atomic E-state index is 12.3. The van der Waals surface area contributed by atoms with E-state index in [0.717, 1.165) is 11.3 Å². The first-order chi connectivity index (χ1) is 11.1. The van der Waals surface area contributed by atoms with Crippen LogP contribution in [0.3, 0.4) is 0 Å². The molecule has 0 spiro atoms. The smallest absolute Gasteiger partial charge is 0.238 e. The van der Waals surface area contributed by atoms with Gasteiger partial charge in [0.25, 0.3) is 0 Å². The van der Waals surface area contributed by atoms with E-state index in [1.54, 1.807) is 43.0 Å². The van der Waals surface area contributed by atoms with Crippen LogP contribution in [0, 0.1) is 0 Å². The SMILES string of the molecule is COc1ccc([C@@H]2SCC(=O)N2c2ccc(Cl)cc2)cc1OC. The largest absolute Gasteiger partial charge is 0.493 e. The third-order valence-corrected chi connectivity index (χ3v) is 5.13. The molecule has 1 amide bonds. The Bertz CT molecular complexity index is 720. The number of carbonyl (C=O) groups is 1. The van der Waals surface area contributed by atoms with E-state index in [0.29, 0.717) is 22.3 Å². The van der Waals surface area contributed by atoms with Crippen molar-refractivity contribution in [1.82, 2.24) is 0 Å². The van der Waals surface area contributed by atoms with Gasteiger partial charge in [-0.15, -0.1) is 11.8 Å². The highest BCUT2D eigenvalue weighted by atomic mass is 35.5. The van der Waals surface area contributed by atoms with Gasteiger partial charge < -0.3 is 9.47 Å². The fourth-order valence-electron chi connectivity index (χ4n) is 2.56. The number of anilines is 1. The number of carbonyl (C=O) groups excluding carboxylic acids is 1. The molecule has 0 aliphatic carbocycles. The summed E-state index contributed by atoms with van der Waals surface area (Å²) < 4.78 is 10.6. The van der Waals surface area contributed by atoms with Gasteiger partial charge in [-0.25, -0.2) is 0 Å². The molecular formula is C17H16ClNO3S. The third kappa shape index (κ3) is 3.12. The Balaban J connectivity index is 1.97. The van der Waals surface area contributed by atoms with Crippen LogP contribution in [-0.4, -0.2) is 25.9 Å². The minimum absolute atomic E-state index is 0.0807. The molecule has 2 aromatic carbocycles. The molecule has 23 heavy (non-hydrogen) atoms. The van der Waals surface area contributed by atoms with E-state index >= 15 is 0 Å². The summed E-state index contributed by atoms with van der Waals surface area (Å²) in [5.41, 5.74) is 1.83. The van der Waals surface area contributed by atoms with Crippen LogP contribution in [0.25, 0.3) is 0 Å². The van der Waals surface area contributed by atoms with Crippen LogP contribution >= 0.6 is 23.4 Å². The number of hydrogen-bond acceptors (Lipinski definition) is 4. The highest BCUT2D eigenvalue weighted by Crippen LogP contribution is 2.43. The Labute approximate surface area is 144 Å². The van der Waals surface area contributed by atoms with Gasteiger partial charge in [0.15, 0.2) is 11.5 Å². The molecular weight excluding hydrogens is 334 g/mol. The minimum atomic E-state index is -0.0940. The number of hydrogen-bond donors (Lipinski definition) is 0. The summed E-state index contributed by atoms with van der Waals surface area (Å²) >= 11 is 7.53. The van der Waals surface area contributed by atoms with Crippen LogP contribution in [0.1, 0.15) is 10.9 Å². The standard InChI is InChI=1S/C17H16ClNO3S/c1-21-14-8-3-11(9-15(14)22-2)17-19(16(20)10-23-17)13-6-4-12(18)5-7-13/h3-9,17H,10H2,1-2H3/t17-/m0/s1. The van der Waals surface area contributed by atoms with Crippen molar-refractivity contribution in [2.45, 2.75) is 5.37 Å². The van der Waals surface area contributed by atoms with Crippen molar-refractivity contribution in [1.29, 1.82) is 0 Å². The lowest BCUT2D eigenvalue weighted by molar-refractivity contribution is -0.115. The lowest BCUT2D eigenvalue weighted by Crippen LogP contribution is -2.27. The second-order valence-electron chi connectivity index (χ2n) is 5.02. The summed E-state index contributed by atoms with van der Waals surface area (Å²) in [6.45, 7) is 0. The fraction of sp³-hybridized carbons (Fsp3) is 0.235. The van der Waals surface area contributed by atoms with Gasteiger partial charge in [0.1, 0.15) is 5.37 Å². The van der Waals surface area contributed by atoms with Crippen LogP contribution in [0.2, 0.25) is 5.02 Å². The highest BCUT2D eigenvalue weighted by molar-refractivity contribution is 8.00. The molecule has 0 saturated carbocycles. The number of ether oxygens (including phenoxy) is 2. The van der Waals surface area contributed by atoms with E-state index in [-0.39, 0.29) is 11.3 Å². The molecule has 0 N–H and O–H groups in total. The van der Waals surface area contributed by atoms with Crippen molar-refractivity contribution in [2.24, 2.45) is 0 Å². The Hall–Kier alpha value is -1.85. The Morgan fingerprint density at radius 2 is 1.78 bits per heavy atom. The first-order valence-electron chi connectivity index (χ1n) is 7.05. The third-order valence-electron chi connectivity index (χ3n) is 3.67. The molecule has 120 valence electrons. The van der Waals surface area contributed by atoms with E-state index in [9.17, 15) is 4.79 Å². The molecule has 1 atom stereocenters. The van der Waals surface area contributed by atoms with Crippen molar-refractivity contribution in [3.8, 4) is 11.5 Å². The van der Waals surface area contributed by atoms with Crippen molar-refractivity contribution in [3.05, 3.63) is 53.1 Å². The monoisotopic (exact) mass is 349 g/mol. The second kappa shape index (κ2) is 6.72. The fourth-order valence-corrected chi connectivity index (χ4v) is 3.85. The predicted molar refractivity (Wildman–Crippen MR) is 93.7 cm³/mol. The normalized spacial score (nSPS) is 17.4. The summed E-state index contributed by atoms with van der Waals surface area (Å²) in [7, 11) is 3.21. The van der Waals surface area contributed by atoms with Crippen molar-refractivity contribution in [3.63, 3.8) is 0 Å². The number of halogens is 1. The first kappa shape index (κ1) is 16.0. The number of thioether (sulfide) groups is 1. The average molecular weight is 350 g/mol. The minimum Gasteiger partial charge on any atom is -0.493 e. The van der Waals surface area contributed by atoms with Gasteiger partial charge in [0, 0.05) is 10.7 Å². The predicted octanol–water partition coefficient (Wildman–Crippen LogP) is 4.14. The topological polar surface area (TPSA) is 38.8 Å². The summed E-state index contributed by atoms with van der Waals surface area (Å²) in [6.07, 6.45) is 0. The number of benzene rings is 2. The van der Waals surface area contributed by atoms with Gasteiger partial charge in [-0.3, -0.25) is 9.69 Å². The molecule has 1 heterocycles. The summed E-state index contributed by atoms with van der Waals surface area (Å²) in [6, 6.07) is 13.0. The molecule has 1 saturated heterocycles. The number of nitrogens with zero attached hydrogens (tertiary/aromatic N) is 1. The maximum Gasteiger partial charge on any atom is 0.238 e. The molecule has 1 aliphatic rings. The van der Waals surface area contributed by atoms with E-state index < -0.39 is 0 Å². The molecule has 1 fully saturated rings. The molecule has 2 aromatic rings. The molecule has 1 aliphatic heterocycles. The quantitative estimate of drug-likeness (QED) is 0.831. The van der Waals surface area contributed by atoms with Gasteiger partial charge in [-0.1, -0.05) is 17.7 Å². The van der Waals surface area contributed by atoms with Crippen molar-refractivity contribution in [2.75, 3.05) is 24.9 Å². The van der Waals surface area contributed by atoms with E-state index in [1.165, 1.54) is 0 Å². The number of amides is 1. The van der Waals surface area contributed by atoms with Crippen LogP contribution in [-0.2, 0) is 4.79 Å². The molecule has 3 rings (SSSR count). The molecule has 0 aromatic heterocycles. The molecule has 0 radical (unpaired) electrons. The average Bonchev–Trinajstić information content (AvgIpc) is 2.96. The zero-order chi connectivity index (χ0) is 16.4. The molecule has 0 unspecified atom stereocenters. The summed E-state index contributed by atoms with van der Waals surface area (Å²) in [5.74, 6) is 1.85. The van der Waals surface area contributed by atoms with Crippen LogP contribution in [0.4, 0.5) is 5.69 Å². The first-order valence-corrected chi connectivity index (χ1v) is 8.48. The van der Waals surface area contributed by atoms with Gasteiger partial charge >= 0.3 is 0 Å². The number of rotatable bonds is 4. The lowest BCUT2D eigenvalue weighted by Gasteiger charge is -2.25. The summed E-state index contributed by atoms with van der Waals surface area (Å²) in [4.78, 5) is 14.1. The Kier molecular flexibility index (Phi) is 4.68. The highest BCUT2D eigenvalue weighted by Gasteiger charge is 2.34. The van der Waals surface area contributed by atoms with Gasteiger partial charge in [0.05, 0.1) is 20.0 Å². The van der Waals surface area contributed by atoms with Crippen LogP contribution in [0.15, 0.2) is 42.5 Å². The van der Waals surface area contributed by atoms with Gasteiger partial charge in [0.2, 0.25) is 5.91 Å². The maximum absolute atomic E-state index is 12.3. The lowest BCUT2D eigenvalue weighted by atomic mass is 10.1. The van der Waals surface area contributed by atoms with E-state index in [4.69, 9.17) is 21.1 Å². The van der Waals surface area contributed by atoms with Crippen molar-refractivity contribution < 1.29 is 14.3 Å². The molecule has 6 heteroatoms. The molecule has 4 nitrogen and oxygen atoms in total. The van der Waals surface area contributed by atoms with Crippen LogP contribution in [0.5, 0.6) is 11.5 Å². The van der Waals surface area contributed by atoms with Crippen molar-refractivity contribution >= 4 is 35.0 Å². The zero-order valence-electron chi connectivity index (χ0n) is 12.8. The van der Waals surface area contributed by atoms with E-state index in [2.05, 4.69) is 0 Å². The molecule has 0 bridgehead atoms. The van der Waals surface area contributed by atoms with E-state index in [1.807, 2.05) is 30.3 Å². The number of methoxy groups -OCH3 is 2. The Morgan fingerprint density at radius 3 is 2.43 bits per heavy atom. The van der Waals surface area contributed by atoms with Crippen LogP contribution < -0.4 is 14.4 Å². The summed E-state index contributed by atoms with van der Waals surface area (Å²) in [5, 5.41) is 0.555. The second-order valence-corrected chi connectivity index (χ2v) is 6.52. The van der Waals surface area contributed by atoms with Gasteiger partial charge in [-0.2, -0.15) is 0 Å². The Morgan fingerprint density at radius 1 is 1.09 bits per heavy atom. The van der Waals surface area contributed by atoms with Gasteiger partial charge in [-0.05, 0) is 42.0 Å². The zero-order valence-corrected chi connectivity index (χ0v) is 14.4.